The molecule has 0 spiro atoms. The minimum Gasteiger partial charge on any atom is -0.481 e. The lowest BCUT2D eigenvalue weighted by atomic mass is 10.3. The standard InChI is InChI=1S/C12H19N3O4/c1-14(6-7-19-2)10-8-11(16)15(13-9-10)5-3-4-12(17)18/h8-9H,3-7H2,1-2H3,(H,17,18). The van der Waals surface area contributed by atoms with Crippen molar-refractivity contribution in [2.75, 3.05) is 32.2 Å². The summed E-state index contributed by atoms with van der Waals surface area (Å²) >= 11 is 0. The predicted octanol–water partition coefficient (Wildman–Crippen LogP) is 0.191. The molecule has 7 nitrogen and oxygen atoms in total. The molecule has 0 saturated heterocycles. The summed E-state index contributed by atoms with van der Waals surface area (Å²) in [6, 6.07) is 1.49. The highest BCUT2D eigenvalue weighted by atomic mass is 16.5. The highest BCUT2D eigenvalue weighted by Crippen LogP contribution is 2.06. The van der Waals surface area contributed by atoms with Crippen LogP contribution in [0.3, 0.4) is 0 Å². The van der Waals surface area contributed by atoms with Gasteiger partial charge in [-0.1, -0.05) is 0 Å². The molecule has 0 radical (unpaired) electrons. The van der Waals surface area contributed by atoms with Gasteiger partial charge >= 0.3 is 5.97 Å². The normalized spacial score (nSPS) is 10.4. The highest BCUT2D eigenvalue weighted by Gasteiger charge is 2.05. The molecule has 1 aromatic rings. The number of hydrogen-bond acceptors (Lipinski definition) is 5. The van der Waals surface area contributed by atoms with Gasteiger partial charge in [0, 0.05) is 39.7 Å². The fourth-order valence-electron chi connectivity index (χ4n) is 1.54. The summed E-state index contributed by atoms with van der Waals surface area (Å²) in [5.74, 6) is -0.871. The average Bonchev–Trinajstić information content (AvgIpc) is 2.37. The third-order valence-electron chi connectivity index (χ3n) is 2.69. The van der Waals surface area contributed by atoms with Gasteiger partial charge in [-0.15, -0.1) is 0 Å². The van der Waals surface area contributed by atoms with Crippen molar-refractivity contribution >= 4 is 11.7 Å². The molecule has 19 heavy (non-hydrogen) atoms. The molecule has 0 aromatic carbocycles. The van der Waals surface area contributed by atoms with Gasteiger partial charge in [0.05, 0.1) is 18.5 Å². The summed E-state index contributed by atoms with van der Waals surface area (Å²) in [5, 5.41) is 12.6. The van der Waals surface area contributed by atoms with E-state index in [1.807, 2.05) is 11.9 Å². The van der Waals surface area contributed by atoms with Gasteiger partial charge in [-0.2, -0.15) is 5.10 Å². The lowest BCUT2D eigenvalue weighted by molar-refractivity contribution is -0.137. The molecule has 0 fully saturated rings. The molecule has 0 aliphatic heterocycles. The number of methoxy groups -OCH3 is 1. The Hall–Kier alpha value is -1.89. The van der Waals surface area contributed by atoms with Crippen molar-refractivity contribution in [3.8, 4) is 0 Å². The molecule has 0 amide bonds. The van der Waals surface area contributed by atoms with Gasteiger partial charge in [-0.3, -0.25) is 9.59 Å². The van der Waals surface area contributed by atoms with E-state index in [2.05, 4.69) is 5.10 Å². The molecular formula is C12H19N3O4. The number of carboxylic acid groups (broad SMARTS) is 1. The summed E-state index contributed by atoms with van der Waals surface area (Å²) < 4.78 is 6.24. The van der Waals surface area contributed by atoms with Crippen LogP contribution < -0.4 is 10.5 Å². The lowest BCUT2D eigenvalue weighted by Gasteiger charge is -2.18. The van der Waals surface area contributed by atoms with Crippen molar-refractivity contribution < 1.29 is 14.6 Å². The van der Waals surface area contributed by atoms with Crippen LogP contribution in [0.25, 0.3) is 0 Å². The van der Waals surface area contributed by atoms with Crippen LogP contribution in [0.4, 0.5) is 5.69 Å². The van der Waals surface area contributed by atoms with E-state index in [1.54, 1.807) is 13.3 Å². The first-order chi connectivity index (χ1) is 9.04. The van der Waals surface area contributed by atoms with E-state index in [0.717, 1.165) is 5.69 Å². The molecule has 0 bridgehead atoms. The Kier molecular flexibility index (Phi) is 6.01. The van der Waals surface area contributed by atoms with E-state index in [-0.39, 0.29) is 12.0 Å². The molecule has 1 aromatic heterocycles. The van der Waals surface area contributed by atoms with Crippen LogP contribution in [0, 0.1) is 0 Å². The molecule has 106 valence electrons. The number of hydrogen-bond donors (Lipinski definition) is 1. The largest absolute Gasteiger partial charge is 0.481 e. The van der Waals surface area contributed by atoms with Crippen LogP contribution in [0.2, 0.25) is 0 Å². The third kappa shape index (κ3) is 5.09. The Morgan fingerprint density at radius 1 is 1.58 bits per heavy atom. The van der Waals surface area contributed by atoms with Crippen LogP contribution in [-0.2, 0) is 16.1 Å². The third-order valence-corrected chi connectivity index (χ3v) is 2.69. The molecule has 1 N–H and O–H groups in total. The van der Waals surface area contributed by atoms with Gasteiger partial charge in [-0.05, 0) is 6.42 Å². The zero-order chi connectivity index (χ0) is 14.3. The van der Waals surface area contributed by atoms with Crippen LogP contribution in [0.5, 0.6) is 0 Å². The van der Waals surface area contributed by atoms with E-state index < -0.39 is 5.97 Å². The van der Waals surface area contributed by atoms with Gasteiger partial charge in [0.15, 0.2) is 0 Å². The van der Waals surface area contributed by atoms with E-state index in [9.17, 15) is 9.59 Å². The van der Waals surface area contributed by atoms with E-state index in [1.165, 1.54) is 10.7 Å². The molecule has 7 heteroatoms. The van der Waals surface area contributed by atoms with E-state index >= 15 is 0 Å². The van der Waals surface area contributed by atoms with Crippen LogP contribution in [-0.4, -0.2) is 48.2 Å². The first-order valence-electron chi connectivity index (χ1n) is 6.03. The number of ether oxygens (including phenoxy) is 1. The minimum absolute atomic E-state index is 0.0314. The second kappa shape index (κ2) is 7.52. The maximum absolute atomic E-state index is 11.8. The molecule has 1 heterocycles. The molecule has 1 rings (SSSR count). The maximum atomic E-state index is 11.8. The summed E-state index contributed by atoms with van der Waals surface area (Å²) in [6.07, 6.45) is 2.02. The zero-order valence-electron chi connectivity index (χ0n) is 11.2. The number of aliphatic carboxylic acids is 1. The number of aryl methyl sites for hydroxylation is 1. The van der Waals surface area contributed by atoms with E-state index in [4.69, 9.17) is 9.84 Å². The highest BCUT2D eigenvalue weighted by molar-refractivity contribution is 5.66. The Morgan fingerprint density at radius 2 is 2.32 bits per heavy atom. The molecule has 0 atom stereocenters. The number of aromatic nitrogens is 2. The number of carboxylic acids is 1. The van der Waals surface area contributed by atoms with Crippen LogP contribution in [0.1, 0.15) is 12.8 Å². The van der Waals surface area contributed by atoms with Gasteiger partial charge in [-0.25, -0.2) is 4.68 Å². The van der Waals surface area contributed by atoms with Crippen LogP contribution in [0.15, 0.2) is 17.1 Å². The van der Waals surface area contributed by atoms with Crippen LogP contribution >= 0.6 is 0 Å². The summed E-state index contributed by atoms with van der Waals surface area (Å²) in [4.78, 5) is 24.1. The lowest BCUT2D eigenvalue weighted by Crippen LogP contribution is -2.27. The molecule has 0 unspecified atom stereocenters. The quantitative estimate of drug-likeness (QED) is 0.725. The molecule has 0 aliphatic carbocycles. The first-order valence-corrected chi connectivity index (χ1v) is 6.03. The topological polar surface area (TPSA) is 84.7 Å². The summed E-state index contributed by atoms with van der Waals surface area (Å²) in [7, 11) is 3.47. The summed E-state index contributed by atoms with van der Waals surface area (Å²) in [6.45, 7) is 1.55. The SMILES string of the molecule is COCCN(C)c1cnn(CCCC(=O)O)c(=O)c1. The summed E-state index contributed by atoms with van der Waals surface area (Å²) in [5.41, 5.74) is 0.490. The second-order valence-electron chi connectivity index (χ2n) is 4.19. The molecular weight excluding hydrogens is 250 g/mol. The minimum atomic E-state index is -0.871. The van der Waals surface area contributed by atoms with Gasteiger partial charge < -0.3 is 14.7 Å². The fourth-order valence-corrected chi connectivity index (χ4v) is 1.54. The Balaban J connectivity index is 2.63. The number of likely N-dealkylation sites (N-methyl/N-ethyl adjacent to an activating group) is 1. The molecule has 0 aliphatic rings. The van der Waals surface area contributed by atoms with Crippen molar-refractivity contribution in [2.24, 2.45) is 0 Å². The van der Waals surface area contributed by atoms with Crippen molar-refractivity contribution in [3.63, 3.8) is 0 Å². The molecule has 0 saturated carbocycles. The van der Waals surface area contributed by atoms with Crippen molar-refractivity contribution in [2.45, 2.75) is 19.4 Å². The van der Waals surface area contributed by atoms with Gasteiger partial charge in [0.1, 0.15) is 0 Å². The average molecular weight is 269 g/mol. The maximum Gasteiger partial charge on any atom is 0.303 e. The predicted molar refractivity (Wildman–Crippen MR) is 70.5 cm³/mol. The second-order valence-corrected chi connectivity index (χ2v) is 4.19. The Bertz CT molecular complexity index is 472. The number of anilines is 1. The van der Waals surface area contributed by atoms with Crippen molar-refractivity contribution in [1.82, 2.24) is 9.78 Å². The monoisotopic (exact) mass is 269 g/mol. The zero-order valence-corrected chi connectivity index (χ0v) is 11.2. The Morgan fingerprint density at radius 3 is 2.89 bits per heavy atom. The van der Waals surface area contributed by atoms with Crippen molar-refractivity contribution in [1.29, 1.82) is 0 Å². The van der Waals surface area contributed by atoms with E-state index in [0.29, 0.717) is 26.1 Å². The Labute approximate surface area is 111 Å². The van der Waals surface area contributed by atoms with Crippen molar-refractivity contribution in [3.05, 3.63) is 22.6 Å². The first kappa shape index (κ1) is 15.2. The fraction of sp³-hybridized carbons (Fsp3) is 0.583. The van der Waals surface area contributed by atoms with Gasteiger partial charge in [0.2, 0.25) is 0 Å². The number of nitrogens with zero attached hydrogens (tertiary/aromatic N) is 3. The smallest absolute Gasteiger partial charge is 0.303 e. The number of carbonyl (C=O) groups is 1. The van der Waals surface area contributed by atoms with Gasteiger partial charge in [0.25, 0.3) is 5.56 Å². The number of rotatable bonds is 8.